The van der Waals surface area contributed by atoms with Gasteiger partial charge in [0.2, 0.25) is 0 Å². The molecule has 2 heterocycles. The van der Waals surface area contributed by atoms with Crippen LogP contribution < -0.4 is 5.32 Å². The zero-order chi connectivity index (χ0) is 14.3. The first-order chi connectivity index (χ1) is 9.56. The maximum absolute atomic E-state index is 12.3. The molecule has 3 rings (SSSR count). The number of carbonyl (C=O) groups excluding carboxylic acids is 1. The third-order valence-electron chi connectivity index (χ3n) is 3.97. The molecule has 2 aromatic heterocycles. The molecule has 108 valence electrons. The van der Waals surface area contributed by atoms with Gasteiger partial charge in [-0.2, -0.15) is 5.10 Å². The average molecular weight is 293 g/mol. The molecule has 1 saturated carbocycles. The lowest BCUT2D eigenvalue weighted by atomic mass is 9.92. The van der Waals surface area contributed by atoms with Crippen molar-refractivity contribution in [2.24, 2.45) is 7.05 Å². The van der Waals surface area contributed by atoms with Gasteiger partial charge in [-0.1, -0.05) is 12.8 Å². The van der Waals surface area contributed by atoms with Crippen molar-refractivity contribution in [3.63, 3.8) is 0 Å². The van der Waals surface area contributed by atoms with Gasteiger partial charge in [0.1, 0.15) is 4.83 Å². The van der Waals surface area contributed by atoms with Gasteiger partial charge in [-0.05, 0) is 25.8 Å². The van der Waals surface area contributed by atoms with Crippen molar-refractivity contribution in [1.29, 1.82) is 0 Å². The van der Waals surface area contributed by atoms with Crippen LogP contribution in [0.5, 0.6) is 0 Å². The highest BCUT2D eigenvalue weighted by atomic mass is 32.1. The predicted molar refractivity (Wildman–Crippen MR) is 79.1 cm³/mol. The number of aryl methyl sites for hydroxylation is 2. The molecular formula is C14H19N3O2S. The molecule has 2 aromatic rings. The first kappa shape index (κ1) is 13.6. The third kappa shape index (κ3) is 2.33. The average Bonchev–Trinajstić information content (AvgIpc) is 2.95. The van der Waals surface area contributed by atoms with Crippen molar-refractivity contribution < 1.29 is 9.90 Å². The normalized spacial score (nSPS) is 23.1. The molecule has 1 amide bonds. The molecule has 2 N–H and O–H groups in total. The molecule has 5 nitrogen and oxygen atoms in total. The Hall–Kier alpha value is -1.40. The molecule has 6 heteroatoms. The van der Waals surface area contributed by atoms with E-state index in [1.165, 1.54) is 11.3 Å². The molecule has 0 spiro atoms. The second-order valence-corrected chi connectivity index (χ2v) is 6.50. The van der Waals surface area contributed by atoms with Crippen molar-refractivity contribution in [2.45, 2.75) is 44.8 Å². The maximum atomic E-state index is 12.3. The second-order valence-electron chi connectivity index (χ2n) is 5.47. The van der Waals surface area contributed by atoms with Gasteiger partial charge in [-0.25, -0.2) is 0 Å². The summed E-state index contributed by atoms with van der Waals surface area (Å²) in [4.78, 5) is 14.0. The highest BCUT2D eigenvalue weighted by Gasteiger charge is 2.25. The van der Waals surface area contributed by atoms with E-state index < -0.39 is 6.10 Å². The lowest BCUT2D eigenvalue weighted by Crippen LogP contribution is -2.44. The molecule has 0 aliphatic heterocycles. The van der Waals surface area contributed by atoms with Crippen LogP contribution in [-0.4, -0.2) is 32.9 Å². The van der Waals surface area contributed by atoms with Crippen molar-refractivity contribution in [3.8, 4) is 0 Å². The molecule has 0 radical (unpaired) electrons. The van der Waals surface area contributed by atoms with Gasteiger partial charge in [-0.3, -0.25) is 9.48 Å². The number of nitrogens with one attached hydrogen (secondary N) is 1. The predicted octanol–water partition coefficient (Wildman–Crippen LogP) is 1.98. The number of rotatable bonds is 2. The summed E-state index contributed by atoms with van der Waals surface area (Å²) in [5, 5.41) is 18.3. The van der Waals surface area contributed by atoms with Crippen molar-refractivity contribution >= 4 is 27.5 Å². The van der Waals surface area contributed by atoms with Gasteiger partial charge < -0.3 is 10.4 Å². The van der Waals surface area contributed by atoms with Crippen LogP contribution in [0.3, 0.4) is 0 Å². The van der Waals surface area contributed by atoms with Gasteiger partial charge in [0.05, 0.1) is 22.7 Å². The summed E-state index contributed by atoms with van der Waals surface area (Å²) >= 11 is 1.45. The van der Waals surface area contributed by atoms with E-state index in [-0.39, 0.29) is 11.9 Å². The fourth-order valence-corrected chi connectivity index (χ4v) is 3.86. The fraction of sp³-hybridized carbons (Fsp3) is 0.571. The molecule has 2 atom stereocenters. The molecule has 20 heavy (non-hydrogen) atoms. The fourth-order valence-electron chi connectivity index (χ4n) is 2.84. The molecule has 1 fully saturated rings. The minimum atomic E-state index is -0.412. The van der Waals surface area contributed by atoms with E-state index in [0.29, 0.717) is 4.88 Å². The first-order valence-corrected chi connectivity index (χ1v) is 7.80. The minimum Gasteiger partial charge on any atom is -0.391 e. The number of aliphatic hydroxyl groups is 1. The molecule has 0 aromatic carbocycles. The number of fused-ring (bicyclic) bond motifs is 1. The van der Waals surface area contributed by atoms with Gasteiger partial charge in [0.25, 0.3) is 5.91 Å². The Labute approximate surface area is 121 Å². The van der Waals surface area contributed by atoms with Gasteiger partial charge in [0.15, 0.2) is 0 Å². The third-order valence-corrected chi connectivity index (χ3v) is 5.17. The summed E-state index contributed by atoms with van der Waals surface area (Å²) in [6.45, 7) is 1.95. The van der Waals surface area contributed by atoms with Crippen molar-refractivity contribution in [1.82, 2.24) is 15.1 Å². The number of carbonyl (C=O) groups is 1. The lowest BCUT2D eigenvalue weighted by Gasteiger charge is -2.28. The van der Waals surface area contributed by atoms with Crippen LogP contribution in [0.4, 0.5) is 0 Å². The molecule has 1 aliphatic rings. The number of aromatic nitrogens is 2. The highest BCUT2D eigenvalue weighted by molar-refractivity contribution is 7.20. The van der Waals surface area contributed by atoms with E-state index in [1.54, 1.807) is 0 Å². The van der Waals surface area contributed by atoms with Crippen molar-refractivity contribution in [2.75, 3.05) is 0 Å². The van der Waals surface area contributed by atoms with Crippen LogP contribution in [0.25, 0.3) is 10.2 Å². The molecule has 0 bridgehead atoms. The van der Waals surface area contributed by atoms with E-state index in [2.05, 4.69) is 10.4 Å². The van der Waals surface area contributed by atoms with Gasteiger partial charge >= 0.3 is 0 Å². The summed E-state index contributed by atoms with van der Waals surface area (Å²) < 4.78 is 1.81. The molecule has 0 saturated heterocycles. The minimum absolute atomic E-state index is 0.0865. The molecule has 1 aliphatic carbocycles. The number of hydrogen-bond donors (Lipinski definition) is 2. The van der Waals surface area contributed by atoms with Crippen LogP contribution in [0.1, 0.15) is 41.0 Å². The number of amides is 1. The van der Waals surface area contributed by atoms with Crippen LogP contribution in [0.15, 0.2) is 6.07 Å². The summed E-state index contributed by atoms with van der Waals surface area (Å²) in [5.74, 6) is -0.0865. The lowest BCUT2D eigenvalue weighted by molar-refractivity contribution is 0.0720. The summed E-state index contributed by atoms with van der Waals surface area (Å²) in [7, 11) is 1.89. The smallest absolute Gasteiger partial charge is 0.261 e. The number of hydrogen-bond acceptors (Lipinski definition) is 4. The van der Waals surface area contributed by atoms with E-state index in [4.69, 9.17) is 0 Å². The monoisotopic (exact) mass is 293 g/mol. The second kappa shape index (κ2) is 5.18. The van der Waals surface area contributed by atoms with Crippen LogP contribution >= 0.6 is 11.3 Å². The zero-order valence-corrected chi connectivity index (χ0v) is 12.5. The molecule has 0 unspecified atom stereocenters. The Morgan fingerprint density at radius 2 is 2.25 bits per heavy atom. The van der Waals surface area contributed by atoms with Gasteiger partial charge in [-0.15, -0.1) is 11.3 Å². The number of nitrogens with zero attached hydrogens (tertiary/aromatic N) is 2. The van der Waals surface area contributed by atoms with E-state index in [1.807, 2.05) is 24.7 Å². The summed E-state index contributed by atoms with van der Waals surface area (Å²) in [5.41, 5.74) is 0.940. The highest BCUT2D eigenvalue weighted by Crippen LogP contribution is 2.28. The Kier molecular flexibility index (Phi) is 3.52. The summed E-state index contributed by atoms with van der Waals surface area (Å²) in [6, 6.07) is 1.79. The van der Waals surface area contributed by atoms with Crippen LogP contribution in [-0.2, 0) is 7.05 Å². The zero-order valence-electron chi connectivity index (χ0n) is 11.7. The van der Waals surface area contributed by atoms with Crippen LogP contribution in [0, 0.1) is 6.92 Å². The van der Waals surface area contributed by atoms with Crippen LogP contribution in [0.2, 0.25) is 0 Å². The number of aliphatic hydroxyl groups excluding tert-OH is 1. The Morgan fingerprint density at radius 3 is 2.95 bits per heavy atom. The Bertz CT molecular complexity index is 612. The van der Waals surface area contributed by atoms with E-state index in [9.17, 15) is 9.90 Å². The van der Waals surface area contributed by atoms with Gasteiger partial charge in [0, 0.05) is 12.4 Å². The van der Waals surface area contributed by atoms with Crippen molar-refractivity contribution in [3.05, 3.63) is 16.6 Å². The topological polar surface area (TPSA) is 67.2 Å². The number of thiophene rings is 1. The van der Waals surface area contributed by atoms with E-state index in [0.717, 1.165) is 41.6 Å². The first-order valence-electron chi connectivity index (χ1n) is 6.98. The molecular weight excluding hydrogens is 274 g/mol. The quantitative estimate of drug-likeness (QED) is 0.889. The Balaban J connectivity index is 1.80. The Morgan fingerprint density at radius 1 is 1.50 bits per heavy atom. The largest absolute Gasteiger partial charge is 0.391 e. The SMILES string of the molecule is Cc1nn(C)c2sc(C(=O)N[C@@H]3CCCC[C@H]3O)cc12. The summed E-state index contributed by atoms with van der Waals surface area (Å²) in [6.07, 6.45) is 3.34. The maximum Gasteiger partial charge on any atom is 0.261 e. The standard InChI is InChI=1S/C14H19N3O2S/c1-8-9-7-12(20-14(9)17(2)16-8)13(19)15-10-5-3-4-6-11(10)18/h7,10-11,18H,3-6H2,1-2H3,(H,15,19)/t10-,11-/m1/s1. The van der Waals surface area contributed by atoms with E-state index >= 15 is 0 Å².